The number of carbonyl (C=O) groups excluding carboxylic acids is 1. The highest BCUT2D eigenvalue weighted by molar-refractivity contribution is 5.74. The normalized spacial score (nSPS) is 11.5. The minimum absolute atomic E-state index is 0.0987. The van der Waals surface area contributed by atoms with E-state index in [0.717, 1.165) is 25.8 Å². The van der Waals surface area contributed by atoms with Gasteiger partial charge in [0, 0.05) is 19.0 Å². The smallest absolute Gasteiger partial charge is 0.315 e. The summed E-state index contributed by atoms with van der Waals surface area (Å²) in [5.74, 6) is 2.55. The molecule has 1 unspecified atom stereocenters. The molecule has 3 heteroatoms. The minimum atomic E-state index is -0.111. The van der Waals surface area contributed by atoms with Gasteiger partial charge in [-0.1, -0.05) is 20.3 Å². The zero-order valence-corrected chi connectivity index (χ0v) is 9.10. The molecule has 0 aliphatic carbocycles. The Hall–Kier alpha value is -1.17. The van der Waals surface area contributed by atoms with Crippen LogP contribution in [-0.4, -0.2) is 18.6 Å². The van der Waals surface area contributed by atoms with Crippen LogP contribution in [0.3, 0.4) is 0 Å². The fourth-order valence-electron chi connectivity index (χ4n) is 1.05. The van der Waals surface area contributed by atoms with Crippen molar-refractivity contribution in [2.24, 2.45) is 0 Å². The van der Waals surface area contributed by atoms with Crippen LogP contribution in [0.4, 0.5) is 4.79 Å². The van der Waals surface area contributed by atoms with E-state index < -0.39 is 0 Å². The summed E-state index contributed by atoms with van der Waals surface area (Å²) in [6.07, 6.45) is 8.74. The Morgan fingerprint density at radius 1 is 1.50 bits per heavy atom. The van der Waals surface area contributed by atoms with E-state index in [0.29, 0.717) is 6.42 Å². The summed E-state index contributed by atoms with van der Waals surface area (Å²) < 4.78 is 0. The van der Waals surface area contributed by atoms with Crippen molar-refractivity contribution in [3.8, 4) is 12.3 Å². The van der Waals surface area contributed by atoms with Crippen LogP contribution in [0.2, 0.25) is 0 Å². The summed E-state index contributed by atoms with van der Waals surface area (Å²) >= 11 is 0. The molecule has 0 aromatic carbocycles. The molecule has 0 saturated heterocycles. The van der Waals surface area contributed by atoms with Crippen LogP contribution in [-0.2, 0) is 0 Å². The summed E-state index contributed by atoms with van der Waals surface area (Å²) in [7, 11) is 0. The molecule has 80 valence electrons. The van der Waals surface area contributed by atoms with Crippen LogP contribution in [0.5, 0.6) is 0 Å². The highest BCUT2D eigenvalue weighted by Crippen LogP contribution is 1.95. The summed E-state index contributed by atoms with van der Waals surface area (Å²) in [4.78, 5) is 11.3. The lowest BCUT2D eigenvalue weighted by atomic mass is 10.2. The quantitative estimate of drug-likeness (QED) is 0.494. The third kappa shape index (κ3) is 6.36. The molecule has 0 aromatic heterocycles. The standard InChI is InChI=1S/C11H20N2O/c1-4-7-9-12-11(14)13-10(6-3)8-5-2/h2,10H,4,6-9H2,1,3H3,(H2,12,13,14). The van der Waals surface area contributed by atoms with Gasteiger partial charge in [0.15, 0.2) is 0 Å². The fourth-order valence-corrected chi connectivity index (χ4v) is 1.05. The molecule has 0 fully saturated rings. The molecule has 0 bridgehead atoms. The third-order valence-corrected chi connectivity index (χ3v) is 2.01. The second kappa shape index (κ2) is 8.43. The molecule has 2 N–H and O–H groups in total. The summed E-state index contributed by atoms with van der Waals surface area (Å²) in [6, 6.07) is -0.0119. The zero-order chi connectivity index (χ0) is 10.8. The topological polar surface area (TPSA) is 41.1 Å². The second-order valence-corrected chi connectivity index (χ2v) is 3.27. The maximum absolute atomic E-state index is 11.3. The van der Waals surface area contributed by atoms with Crippen LogP contribution < -0.4 is 10.6 Å². The SMILES string of the molecule is C#CCC(CC)NC(=O)NCCCC. The Bertz CT molecular complexity index is 196. The number of rotatable bonds is 6. The predicted octanol–water partition coefficient (Wildman–Crippen LogP) is 1.89. The van der Waals surface area contributed by atoms with Gasteiger partial charge in [-0.2, -0.15) is 0 Å². The second-order valence-electron chi connectivity index (χ2n) is 3.27. The van der Waals surface area contributed by atoms with Crippen LogP contribution in [0.25, 0.3) is 0 Å². The van der Waals surface area contributed by atoms with Gasteiger partial charge in [-0.05, 0) is 12.8 Å². The number of nitrogens with one attached hydrogen (secondary N) is 2. The van der Waals surface area contributed by atoms with Gasteiger partial charge in [0.05, 0.1) is 0 Å². The lowest BCUT2D eigenvalue weighted by molar-refractivity contribution is 0.236. The number of carbonyl (C=O) groups is 1. The molecule has 0 rings (SSSR count). The molecular formula is C11H20N2O. The van der Waals surface area contributed by atoms with E-state index in [1.165, 1.54) is 0 Å². The predicted molar refractivity (Wildman–Crippen MR) is 59.0 cm³/mol. The highest BCUT2D eigenvalue weighted by atomic mass is 16.2. The van der Waals surface area contributed by atoms with Crippen LogP contribution in [0.15, 0.2) is 0 Å². The molecule has 0 spiro atoms. The first-order valence-electron chi connectivity index (χ1n) is 5.22. The molecule has 3 nitrogen and oxygen atoms in total. The molecule has 1 atom stereocenters. The molecule has 2 amide bonds. The lowest BCUT2D eigenvalue weighted by Gasteiger charge is -2.14. The van der Waals surface area contributed by atoms with E-state index in [4.69, 9.17) is 6.42 Å². The van der Waals surface area contributed by atoms with Crippen molar-refractivity contribution in [1.29, 1.82) is 0 Å². The molecule has 0 aromatic rings. The zero-order valence-electron chi connectivity index (χ0n) is 9.10. The van der Waals surface area contributed by atoms with Crippen molar-refractivity contribution in [3.05, 3.63) is 0 Å². The molecule has 0 aliphatic rings. The van der Waals surface area contributed by atoms with Gasteiger partial charge >= 0.3 is 6.03 Å². The van der Waals surface area contributed by atoms with Crippen molar-refractivity contribution in [2.75, 3.05) is 6.54 Å². The molecule has 0 heterocycles. The Balaban J connectivity index is 3.63. The largest absolute Gasteiger partial charge is 0.338 e. The Morgan fingerprint density at radius 3 is 2.71 bits per heavy atom. The van der Waals surface area contributed by atoms with Gasteiger partial charge in [0.1, 0.15) is 0 Å². The maximum Gasteiger partial charge on any atom is 0.315 e. The summed E-state index contributed by atoms with van der Waals surface area (Å²) in [5.41, 5.74) is 0. The minimum Gasteiger partial charge on any atom is -0.338 e. The van der Waals surface area contributed by atoms with Gasteiger partial charge in [0.25, 0.3) is 0 Å². The van der Waals surface area contributed by atoms with Gasteiger partial charge in [-0.25, -0.2) is 4.79 Å². The van der Waals surface area contributed by atoms with Gasteiger partial charge in [0.2, 0.25) is 0 Å². The van der Waals surface area contributed by atoms with Gasteiger partial charge in [-0.3, -0.25) is 0 Å². The first kappa shape index (κ1) is 12.8. The maximum atomic E-state index is 11.3. The third-order valence-electron chi connectivity index (χ3n) is 2.01. The molecular weight excluding hydrogens is 176 g/mol. The van der Waals surface area contributed by atoms with Crippen LogP contribution >= 0.6 is 0 Å². The molecule has 0 aliphatic heterocycles. The van der Waals surface area contributed by atoms with Gasteiger partial charge in [-0.15, -0.1) is 12.3 Å². The number of hydrogen-bond acceptors (Lipinski definition) is 1. The molecule has 0 radical (unpaired) electrons. The number of unbranched alkanes of at least 4 members (excludes halogenated alkanes) is 1. The Kier molecular flexibility index (Phi) is 7.72. The Labute approximate surface area is 86.6 Å². The fraction of sp³-hybridized carbons (Fsp3) is 0.727. The summed E-state index contributed by atoms with van der Waals surface area (Å²) in [5, 5.41) is 5.62. The van der Waals surface area contributed by atoms with E-state index in [1.54, 1.807) is 0 Å². The van der Waals surface area contributed by atoms with E-state index in [1.807, 2.05) is 6.92 Å². The number of amides is 2. The average molecular weight is 196 g/mol. The van der Waals surface area contributed by atoms with E-state index in [9.17, 15) is 4.79 Å². The first-order chi connectivity index (χ1) is 6.74. The van der Waals surface area contributed by atoms with Gasteiger partial charge < -0.3 is 10.6 Å². The van der Waals surface area contributed by atoms with E-state index >= 15 is 0 Å². The average Bonchev–Trinajstić information content (AvgIpc) is 2.17. The first-order valence-corrected chi connectivity index (χ1v) is 5.22. The van der Waals surface area contributed by atoms with E-state index in [2.05, 4.69) is 23.5 Å². The number of terminal acetylenes is 1. The van der Waals surface area contributed by atoms with Crippen molar-refractivity contribution >= 4 is 6.03 Å². The highest BCUT2D eigenvalue weighted by Gasteiger charge is 2.07. The lowest BCUT2D eigenvalue weighted by Crippen LogP contribution is -2.42. The summed E-state index contributed by atoms with van der Waals surface area (Å²) in [6.45, 7) is 4.83. The van der Waals surface area contributed by atoms with Crippen molar-refractivity contribution in [3.63, 3.8) is 0 Å². The van der Waals surface area contributed by atoms with Crippen molar-refractivity contribution in [1.82, 2.24) is 10.6 Å². The van der Waals surface area contributed by atoms with Crippen LogP contribution in [0.1, 0.15) is 39.5 Å². The van der Waals surface area contributed by atoms with E-state index in [-0.39, 0.29) is 12.1 Å². The number of urea groups is 1. The molecule has 14 heavy (non-hydrogen) atoms. The van der Waals surface area contributed by atoms with Crippen LogP contribution in [0, 0.1) is 12.3 Å². The van der Waals surface area contributed by atoms with Crippen molar-refractivity contribution < 1.29 is 4.79 Å². The molecule has 0 saturated carbocycles. The Morgan fingerprint density at radius 2 is 2.21 bits per heavy atom. The van der Waals surface area contributed by atoms with Crippen molar-refractivity contribution in [2.45, 2.75) is 45.6 Å². The number of hydrogen-bond donors (Lipinski definition) is 2. The monoisotopic (exact) mass is 196 g/mol.